The first-order chi connectivity index (χ1) is 7.32. The second-order valence-electron chi connectivity index (χ2n) is 4.68. The molecule has 1 saturated carbocycles. The van der Waals surface area contributed by atoms with Crippen LogP contribution in [-0.2, 0) is 12.6 Å². The minimum Gasteiger partial charge on any atom is -0.384 e. The van der Waals surface area contributed by atoms with Crippen LogP contribution in [-0.4, -0.2) is 20.8 Å². The van der Waals surface area contributed by atoms with Crippen molar-refractivity contribution in [3.8, 4) is 0 Å². The molecule has 5 heteroatoms. The smallest absolute Gasteiger partial charge is 0.248 e. The normalized spacial score (nSPS) is 23.3. The van der Waals surface area contributed by atoms with Crippen LogP contribution in [0.2, 0.25) is 0 Å². The quantitative estimate of drug-likeness (QED) is 0.802. The number of aromatic nitrogens is 2. The van der Waals surface area contributed by atoms with Gasteiger partial charge in [0.15, 0.2) is 0 Å². The monoisotopic (exact) mass is 230 g/mol. The van der Waals surface area contributed by atoms with E-state index in [9.17, 15) is 13.9 Å². The van der Waals surface area contributed by atoms with Crippen molar-refractivity contribution in [1.82, 2.24) is 9.78 Å². The van der Waals surface area contributed by atoms with Crippen LogP contribution < -0.4 is 0 Å². The van der Waals surface area contributed by atoms with E-state index in [4.69, 9.17) is 0 Å². The molecule has 0 bridgehead atoms. The van der Waals surface area contributed by atoms with Crippen LogP contribution in [0.25, 0.3) is 0 Å². The van der Waals surface area contributed by atoms with Crippen molar-refractivity contribution in [2.45, 2.75) is 44.1 Å². The van der Waals surface area contributed by atoms with E-state index in [1.807, 2.05) is 6.92 Å². The van der Waals surface area contributed by atoms with E-state index in [0.29, 0.717) is 5.69 Å². The molecule has 0 radical (unpaired) electrons. The van der Waals surface area contributed by atoms with Gasteiger partial charge < -0.3 is 5.11 Å². The lowest BCUT2D eigenvalue weighted by atomic mass is 9.80. The highest BCUT2D eigenvalue weighted by molar-refractivity contribution is 5.18. The minimum atomic E-state index is -2.63. The summed E-state index contributed by atoms with van der Waals surface area (Å²) in [7, 11) is 1.73. The average Bonchev–Trinajstić information content (AvgIpc) is 2.52. The molecule has 0 unspecified atom stereocenters. The third kappa shape index (κ3) is 1.96. The first-order valence-corrected chi connectivity index (χ1v) is 5.44. The largest absolute Gasteiger partial charge is 0.384 e. The van der Waals surface area contributed by atoms with Crippen molar-refractivity contribution in [2.24, 2.45) is 7.05 Å². The van der Waals surface area contributed by atoms with Gasteiger partial charge in [-0.2, -0.15) is 5.10 Å². The van der Waals surface area contributed by atoms with Gasteiger partial charge in [-0.1, -0.05) is 0 Å². The molecular formula is C11H16F2N2O. The van der Waals surface area contributed by atoms with Gasteiger partial charge in [-0.05, 0) is 25.8 Å². The zero-order chi connectivity index (χ0) is 12.0. The molecule has 0 amide bonds. The van der Waals surface area contributed by atoms with Crippen molar-refractivity contribution < 1.29 is 13.9 Å². The molecule has 90 valence electrons. The highest BCUT2D eigenvalue weighted by atomic mass is 19.3. The van der Waals surface area contributed by atoms with Gasteiger partial charge in [0.05, 0.1) is 11.4 Å². The summed E-state index contributed by atoms with van der Waals surface area (Å²) in [5, 5.41) is 14.5. The molecule has 1 aliphatic rings. The molecule has 1 fully saturated rings. The van der Waals surface area contributed by atoms with Crippen LogP contribution in [0.3, 0.4) is 0 Å². The van der Waals surface area contributed by atoms with E-state index < -0.39 is 11.5 Å². The lowest BCUT2D eigenvalue weighted by Gasteiger charge is -2.35. The number of aryl methyl sites for hydroxylation is 2. The predicted molar refractivity (Wildman–Crippen MR) is 55.3 cm³/mol. The van der Waals surface area contributed by atoms with Gasteiger partial charge in [0.2, 0.25) is 5.92 Å². The maximum Gasteiger partial charge on any atom is 0.248 e. The SMILES string of the molecule is Cc1cc(C2(O)CCC(F)(F)CC2)n(C)n1. The summed E-state index contributed by atoms with van der Waals surface area (Å²) < 4.78 is 27.7. The van der Waals surface area contributed by atoms with Crippen molar-refractivity contribution in [3.63, 3.8) is 0 Å². The van der Waals surface area contributed by atoms with Crippen LogP contribution in [0.15, 0.2) is 6.07 Å². The zero-order valence-electron chi connectivity index (χ0n) is 9.50. The van der Waals surface area contributed by atoms with Crippen molar-refractivity contribution in [2.75, 3.05) is 0 Å². The number of halogens is 2. The molecular weight excluding hydrogens is 214 g/mol. The Labute approximate surface area is 93.1 Å². The fraction of sp³-hybridized carbons (Fsp3) is 0.727. The molecule has 1 aromatic rings. The van der Waals surface area contributed by atoms with E-state index >= 15 is 0 Å². The third-order valence-corrected chi connectivity index (χ3v) is 3.29. The van der Waals surface area contributed by atoms with Crippen LogP contribution in [0.1, 0.15) is 37.1 Å². The van der Waals surface area contributed by atoms with Gasteiger partial charge in [0.25, 0.3) is 0 Å². The van der Waals surface area contributed by atoms with Crippen LogP contribution >= 0.6 is 0 Å². The average molecular weight is 230 g/mol. The van der Waals surface area contributed by atoms with Crippen molar-refractivity contribution in [1.29, 1.82) is 0 Å². The first-order valence-electron chi connectivity index (χ1n) is 5.44. The standard InChI is InChI=1S/C11H16F2N2O/c1-8-7-9(15(2)14-8)10(16)3-5-11(12,13)6-4-10/h7,16H,3-6H2,1-2H3. The second-order valence-corrected chi connectivity index (χ2v) is 4.68. The molecule has 1 N–H and O–H groups in total. The number of aliphatic hydroxyl groups is 1. The summed E-state index contributed by atoms with van der Waals surface area (Å²) in [6.45, 7) is 1.82. The van der Waals surface area contributed by atoms with E-state index in [0.717, 1.165) is 5.69 Å². The van der Waals surface area contributed by atoms with E-state index in [1.54, 1.807) is 17.8 Å². The number of nitrogens with zero attached hydrogens (tertiary/aromatic N) is 2. The topological polar surface area (TPSA) is 38.0 Å². The number of hydrogen-bond donors (Lipinski definition) is 1. The van der Waals surface area contributed by atoms with Crippen LogP contribution in [0.5, 0.6) is 0 Å². The van der Waals surface area contributed by atoms with Crippen LogP contribution in [0, 0.1) is 6.92 Å². The third-order valence-electron chi connectivity index (χ3n) is 3.29. The zero-order valence-corrected chi connectivity index (χ0v) is 9.50. The summed E-state index contributed by atoms with van der Waals surface area (Å²) >= 11 is 0. The van der Waals surface area contributed by atoms with E-state index in [-0.39, 0.29) is 25.7 Å². The highest BCUT2D eigenvalue weighted by Crippen LogP contribution is 2.43. The molecule has 1 heterocycles. The second kappa shape index (κ2) is 3.52. The summed E-state index contributed by atoms with van der Waals surface area (Å²) in [5.41, 5.74) is 0.293. The molecule has 16 heavy (non-hydrogen) atoms. The molecule has 0 saturated heterocycles. The number of alkyl halides is 2. The van der Waals surface area contributed by atoms with Gasteiger partial charge in [0.1, 0.15) is 5.60 Å². The number of rotatable bonds is 1. The summed E-state index contributed by atoms with van der Waals surface area (Å²) in [6.07, 6.45) is -0.320. The Morgan fingerprint density at radius 1 is 1.31 bits per heavy atom. The molecule has 0 spiro atoms. The lowest BCUT2D eigenvalue weighted by Crippen LogP contribution is -2.37. The van der Waals surface area contributed by atoms with Gasteiger partial charge in [-0.3, -0.25) is 4.68 Å². The van der Waals surface area contributed by atoms with Gasteiger partial charge in [-0.25, -0.2) is 8.78 Å². The Kier molecular flexibility index (Phi) is 2.53. The van der Waals surface area contributed by atoms with E-state index in [1.165, 1.54) is 0 Å². The maximum absolute atomic E-state index is 13.0. The summed E-state index contributed by atoms with van der Waals surface area (Å²) in [4.78, 5) is 0. The Morgan fingerprint density at radius 2 is 1.88 bits per heavy atom. The molecule has 0 atom stereocenters. The Morgan fingerprint density at radius 3 is 2.31 bits per heavy atom. The van der Waals surface area contributed by atoms with Gasteiger partial charge >= 0.3 is 0 Å². The minimum absolute atomic E-state index is 0.0962. The van der Waals surface area contributed by atoms with Gasteiger partial charge in [-0.15, -0.1) is 0 Å². The van der Waals surface area contributed by atoms with Crippen molar-refractivity contribution in [3.05, 3.63) is 17.5 Å². The maximum atomic E-state index is 13.0. The first kappa shape index (κ1) is 11.5. The molecule has 0 aromatic carbocycles. The van der Waals surface area contributed by atoms with E-state index in [2.05, 4.69) is 5.10 Å². The Hall–Kier alpha value is -0.970. The van der Waals surface area contributed by atoms with Crippen molar-refractivity contribution >= 4 is 0 Å². The molecule has 1 aliphatic carbocycles. The fourth-order valence-electron chi connectivity index (χ4n) is 2.33. The Bertz CT molecular complexity index is 391. The molecule has 2 rings (SSSR count). The number of hydrogen-bond acceptors (Lipinski definition) is 2. The van der Waals surface area contributed by atoms with Crippen LogP contribution in [0.4, 0.5) is 8.78 Å². The molecule has 1 aromatic heterocycles. The predicted octanol–water partition coefficient (Wildman–Crippen LogP) is 2.13. The molecule has 3 nitrogen and oxygen atoms in total. The van der Waals surface area contributed by atoms with Gasteiger partial charge in [0, 0.05) is 19.9 Å². The summed E-state index contributed by atoms with van der Waals surface area (Å²) in [6, 6.07) is 1.77. The lowest BCUT2D eigenvalue weighted by molar-refractivity contribution is -0.109. The summed E-state index contributed by atoms with van der Waals surface area (Å²) in [5.74, 6) is -2.63. The molecule has 0 aliphatic heterocycles. The fourth-order valence-corrected chi connectivity index (χ4v) is 2.33. The highest BCUT2D eigenvalue weighted by Gasteiger charge is 2.44. The Balaban J connectivity index is 2.24.